The molecule has 0 unspecified atom stereocenters. The van der Waals surface area contributed by atoms with Crippen LogP contribution in [0.25, 0.3) is 0 Å². The van der Waals surface area contributed by atoms with Crippen molar-refractivity contribution in [1.82, 2.24) is 10.3 Å². The number of nitrogen functional groups attached to an aromatic ring is 1. The molecule has 5 heteroatoms. The molecular formula is C8H8N4O. The number of hydrogen-bond donors (Lipinski definition) is 2. The second kappa shape index (κ2) is 4.07. The first-order valence-corrected chi connectivity index (χ1v) is 3.61. The van der Waals surface area contributed by atoms with Crippen molar-refractivity contribution in [3.63, 3.8) is 0 Å². The molecule has 1 aromatic rings. The molecule has 0 saturated carbocycles. The summed E-state index contributed by atoms with van der Waals surface area (Å²) in [4.78, 5) is 15.0. The number of carbonyl (C=O) groups is 1. The van der Waals surface area contributed by atoms with Crippen LogP contribution < -0.4 is 11.1 Å². The van der Waals surface area contributed by atoms with Crippen LogP contribution in [0.15, 0.2) is 18.3 Å². The molecule has 1 rings (SSSR count). The molecule has 5 nitrogen and oxygen atoms in total. The third-order valence-corrected chi connectivity index (χ3v) is 1.38. The van der Waals surface area contributed by atoms with Gasteiger partial charge >= 0.3 is 0 Å². The smallest absolute Gasteiger partial charge is 0.272 e. The molecule has 0 atom stereocenters. The van der Waals surface area contributed by atoms with Crippen molar-refractivity contribution in [2.75, 3.05) is 12.3 Å². The number of hydrogen-bond acceptors (Lipinski definition) is 4. The minimum absolute atomic E-state index is 0.0468. The molecule has 0 fully saturated rings. The van der Waals surface area contributed by atoms with E-state index in [0.717, 1.165) is 0 Å². The topological polar surface area (TPSA) is 91.8 Å². The fraction of sp³-hybridized carbons (Fsp3) is 0.125. The average molecular weight is 176 g/mol. The lowest BCUT2D eigenvalue weighted by Crippen LogP contribution is -2.25. The molecule has 3 N–H and O–H groups in total. The summed E-state index contributed by atoms with van der Waals surface area (Å²) in [5.74, 6) is -0.431. The van der Waals surface area contributed by atoms with Gasteiger partial charge in [0.1, 0.15) is 6.54 Å². The van der Waals surface area contributed by atoms with E-state index in [1.807, 2.05) is 0 Å². The van der Waals surface area contributed by atoms with E-state index in [-0.39, 0.29) is 12.2 Å². The van der Waals surface area contributed by atoms with Gasteiger partial charge in [-0.05, 0) is 12.1 Å². The molecule has 0 aliphatic carbocycles. The van der Waals surface area contributed by atoms with Gasteiger partial charge in [-0.3, -0.25) is 4.79 Å². The fourth-order valence-electron chi connectivity index (χ4n) is 0.811. The highest BCUT2D eigenvalue weighted by Crippen LogP contribution is 2.05. The van der Waals surface area contributed by atoms with E-state index in [0.29, 0.717) is 5.69 Å². The third-order valence-electron chi connectivity index (χ3n) is 1.38. The van der Waals surface area contributed by atoms with Crippen molar-refractivity contribution in [1.29, 1.82) is 5.26 Å². The zero-order valence-corrected chi connectivity index (χ0v) is 6.82. The minimum Gasteiger partial charge on any atom is -0.397 e. The van der Waals surface area contributed by atoms with E-state index in [9.17, 15) is 4.79 Å². The summed E-state index contributed by atoms with van der Waals surface area (Å²) in [6, 6.07) is 5.00. The summed E-state index contributed by atoms with van der Waals surface area (Å²) < 4.78 is 0. The number of nitrogens with zero attached hydrogens (tertiary/aromatic N) is 2. The highest BCUT2D eigenvalue weighted by Gasteiger charge is 2.08. The number of aromatic nitrogens is 1. The Morgan fingerprint density at radius 1 is 1.77 bits per heavy atom. The fourth-order valence-corrected chi connectivity index (χ4v) is 0.811. The first-order chi connectivity index (χ1) is 6.25. The standard InChI is InChI=1S/C8H8N4O/c9-3-5-12-8(13)7-6(10)2-1-4-11-7/h1-2,4H,5,10H2,(H,12,13). The summed E-state index contributed by atoms with van der Waals surface area (Å²) in [6.07, 6.45) is 1.47. The maximum Gasteiger partial charge on any atom is 0.272 e. The van der Waals surface area contributed by atoms with Crippen molar-refractivity contribution in [2.45, 2.75) is 0 Å². The molecule has 0 radical (unpaired) electrons. The number of nitrogens with two attached hydrogens (primary N) is 1. The van der Waals surface area contributed by atoms with Gasteiger partial charge < -0.3 is 11.1 Å². The van der Waals surface area contributed by atoms with Gasteiger partial charge in [0.05, 0.1) is 11.8 Å². The Balaban J connectivity index is 2.78. The number of carbonyl (C=O) groups excluding carboxylic acids is 1. The van der Waals surface area contributed by atoms with Gasteiger partial charge in [-0.2, -0.15) is 5.26 Å². The average Bonchev–Trinajstić information content (AvgIpc) is 2.15. The van der Waals surface area contributed by atoms with Crippen LogP contribution in [0.4, 0.5) is 5.69 Å². The lowest BCUT2D eigenvalue weighted by atomic mass is 10.3. The molecular weight excluding hydrogens is 168 g/mol. The monoisotopic (exact) mass is 176 g/mol. The molecule has 1 heterocycles. The third kappa shape index (κ3) is 2.17. The van der Waals surface area contributed by atoms with Crippen molar-refractivity contribution in [3.8, 4) is 6.07 Å². The molecule has 0 spiro atoms. The van der Waals surface area contributed by atoms with Gasteiger partial charge in [-0.1, -0.05) is 0 Å². The quantitative estimate of drug-likeness (QED) is 0.616. The molecule has 0 aromatic carbocycles. The molecule has 66 valence electrons. The highest BCUT2D eigenvalue weighted by atomic mass is 16.1. The Bertz CT molecular complexity index is 355. The summed E-state index contributed by atoms with van der Waals surface area (Å²) in [6.45, 7) is -0.0468. The predicted molar refractivity (Wildman–Crippen MR) is 46.6 cm³/mol. The number of amides is 1. The van der Waals surface area contributed by atoms with Crippen LogP contribution in [-0.2, 0) is 0 Å². The van der Waals surface area contributed by atoms with Crippen molar-refractivity contribution in [3.05, 3.63) is 24.0 Å². The van der Waals surface area contributed by atoms with E-state index in [2.05, 4.69) is 10.3 Å². The predicted octanol–water partition coefficient (Wildman–Crippen LogP) is -0.0828. The lowest BCUT2D eigenvalue weighted by Gasteiger charge is -2.01. The molecule has 0 aliphatic heterocycles. The van der Waals surface area contributed by atoms with Crippen LogP contribution in [-0.4, -0.2) is 17.4 Å². The van der Waals surface area contributed by atoms with E-state index < -0.39 is 5.91 Å². The maximum atomic E-state index is 11.2. The van der Waals surface area contributed by atoms with E-state index >= 15 is 0 Å². The van der Waals surface area contributed by atoms with Gasteiger partial charge in [-0.25, -0.2) is 4.98 Å². The Morgan fingerprint density at radius 2 is 2.54 bits per heavy atom. The highest BCUT2D eigenvalue weighted by molar-refractivity contribution is 5.97. The normalized spacial score (nSPS) is 8.85. The Hall–Kier alpha value is -2.09. The second-order valence-corrected chi connectivity index (χ2v) is 2.28. The molecule has 0 aliphatic rings. The van der Waals surface area contributed by atoms with Crippen LogP contribution in [0.1, 0.15) is 10.5 Å². The van der Waals surface area contributed by atoms with Crippen molar-refractivity contribution in [2.24, 2.45) is 0 Å². The van der Waals surface area contributed by atoms with Crippen LogP contribution in [0.3, 0.4) is 0 Å². The Morgan fingerprint density at radius 3 is 3.15 bits per heavy atom. The molecule has 13 heavy (non-hydrogen) atoms. The summed E-state index contributed by atoms with van der Waals surface area (Å²) in [5.41, 5.74) is 5.94. The number of anilines is 1. The number of nitrogens with one attached hydrogen (secondary N) is 1. The first-order valence-electron chi connectivity index (χ1n) is 3.61. The van der Waals surface area contributed by atoms with Gasteiger partial charge in [-0.15, -0.1) is 0 Å². The minimum atomic E-state index is -0.431. The largest absolute Gasteiger partial charge is 0.397 e. The Kier molecular flexibility index (Phi) is 2.82. The number of pyridine rings is 1. The summed E-state index contributed by atoms with van der Waals surface area (Å²) in [5, 5.41) is 10.6. The van der Waals surface area contributed by atoms with Crippen LogP contribution in [0.5, 0.6) is 0 Å². The van der Waals surface area contributed by atoms with Crippen LogP contribution in [0, 0.1) is 11.3 Å². The van der Waals surface area contributed by atoms with Crippen LogP contribution in [0.2, 0.25) is 0 Å². The Labute approximate surface area is 75.2 Å². The number of rotatable bonds is 2. The van der Waals surface area contributed by atoms with Gasteiger partial charge in [0.15, 0.2) is 5.69 Å². The number of nitriles is 1. The van der Waals surface area contributed by atoms with Crippen molar-refractivity contribution >= 4 is 11.6 Å². The second-order valence-electron chi connectivity index (χ2n) is 2.28. The summed E-state index contributed by atoms with van der Waals surface area (Å²) in [7, 11) is 0. The maximum absolute atomic E-state index is 11.2. The summed E-state index contributed by atoms with van der Waals surface area (Å²) >= 11 is 0. The zero-order chi connectivity index (χ0) is 9.68. The molecule has 0 saturated heterocycles. The molecule has 1 aromatic heterocycles. The van der Waals surface area contributed by atoms with E-state index in [1.54, 1.807) is 18.2 Å². The van der Waals surface area contributed by atoms with E-state index in [4.69, 9.17) is 11.0 Å². The van der Waals surface area contributed by atoms with E-state index in [1.165, 1.54) is 6.20 Å². The molecule has 1 amide bonds. The molecule has 0 bridgehead atoms. The SMILES string of the molecule is N#CCNC(=O)c1ncccc1N. The first kappa shape index (κ1) is 9.00. The van der Waals surface area contributed by atoms with Gasteiger partial charge in [0.2, 0.25) is 0 Å². The van der Waals surface area contributed by atoms with Crippen molar-refractivity contribution < 1.29 is 4.79 Å². The zero-order valence-electron chi connectivity index (χ0n) is 6.82. The van der Waals surface area contributed by atoms with Crippen LogP contribution >= 0.6 is 0 Å². The van der Waals surface area contributed by atoms with Gasteiger partial charge in [0, 0.05) is 6.20 Å². The lowest BCUT2D eigenvalue weighted by molar-refractivity contribution is 0.0954. The van der Waals surface area contributed by atoms with Gasteiger partial charge in [0.25, 0.3) is 5.91 Å².